The largest absolute Gasteiger partial charge is 0.464 e. The van der Waals surface area contributed by atoms with Crippen LogP contribution in [0.15, 0.2) is 24.5 Å². The Morgan fingerprint density at radius 1 is 1.45 bits per heavy atom. The second-order valence-corrected chi connectivity index (χ2v) is 5.06. The molecule has 0 saturated heterocycles. The minimum Gasteiger partial charge on any atom is -0.464 e. The van der Waals surface area contributed by atoms with Gasteiger partial charge in [0.2, 0.25) is 0 Å². The molecule has 20 heavy (non-hydrogen) atoms. The molecule has 5 nitrogen and oxygen atoms in total. The van der Waals surface area contributed by atoms with E-state index in [1.165, 1.54) is 13.4 Å². The van der Waals surface area contributed by atoms with E-state index in [0.717, 1.165) is 5.56 Å². The van der Waals surface area contributed by atoms with Crippen LogP contribution in [0.1, 0.15) is 29.0 Å². The molecule has 0 radical (unpaired) electrons. The molecule has 2 aromatic rings. The number of carbonyl (C=O) groups is 1. The Kier molecular flexibility index (Phi) is 4.20. The minimum atomic E-state index is -0.573. The lowest BCUT2D eigenvalue weighted by molar-refractivity contribution is 0.0596. The highest BCUT2D eigenvalue weighted by Gasteiger charge is 2.20. The van der Waals surface area contributed by atoms with Crippen molar-refractivity contribution in [1.29, 1.82) is 0 Å². The summed E-state index contributed by atoms with van der Waals surface area (Å²) in [6, 6.07) is 5.02. The van der Waals surface area contributed by atoms with Gasteiger partial charge < -0.3 is 15.0 Å². The summed E-state index contributed by atoms with van der Waals surface area (Å²) in [7, 11) is 1.28. The first kappa shape index (κ1) is 14.7. The first-order chi connectivity index (χ1) is 9.45. The number of esters is 1. The average Bonchev–Trinajstić information content (AvgIpc) is 2.79. The summed E-state index contributed by atoms with van der Waals surface area (Å²) >= 11 is 12.0. The molecular weight excluding hydrogens is 301 g/mol. The monoisotopic (exact) mass is 313 g/mol. The fourth-order valence-electron chi connectivity index (χ4n) is 1.92. The number of carbonyl (C=O) groups excluding carboxylic acids is 1. The molecule has 7 heteroatoms. The van der Waals surface area contributed by atoms with Crippen LogP contribution in [0.5, 0.6) is 0 Å². The Morgan fingerprint density at radius 2 is 2.15 bits per heavy atom. The van der Waals surface area contributed by atoms with Crippen LogP contribution >= 0.6 is 23.2 Å². The molecule has 0 aliphatic carbocycles. The van der Waals surface area contributed by atoms with Crippen molar-refractivity contribution < 1.29 is 9.53 Å². The molecule has 1 atom stereocenters. The van der Waals surface area contributed by atoms with Crippen LogP contribution in [0.2, 0.25) is 10.0 Å². The predicted octanol–water partition coefficient (Wildman–Crippen LogP) is 3.17. The van der Waals surface area contributed by atoms with Gasteiger partial charge in [-0.2, -0.15) is 0 Å². The predicted molar refractivity (Wildman–Crippen MR) is 78.3 cm³/mol. The van der Waals surface area contributed by atoms with Gasteiger partial charge in [0.15, 0.2) is 5.69 Å². The van der Waals surface area contributed by atoms with Crippen molar-refractivity contribution in [3.8, 4) is 0 Å². The zero-order chi connectivity index (χ0) is 14.9. The SMILES string of the molecule is COC(=O)c1ncn(C(C)c2ccc(Cl)cc2Cl)c1N. The smallest absolute Gasteiger partial charge is 0.360 e. The van der Waals surface area contributed by atoms with Crippen LogP contribution in [0, 0.1) is 0 Å². The maximum Gasteiger partial charge on any atom is 0.360 e. The van der Waals surface area contributed by atoms with Crippen LogP contribution < -0.4 is 5.73 Å². The Balaban J connectivity index is 2.41. The Labute approximate surface area is 126 Å². The molecule has 0 aliphatic rings. The highest BCUT2D eigenvalue weighted by Crippen LogP contribution is 2.30. The number of aromatic nitrogens is 2. The van der Waals surface area contributed by atoms with E-state index in [9.17, 15) is 4.79 Å². The highest BCUT2D eigenvalue weighted by molar-refractivity contribution is 6.35. The van der Waals surface area contributed by atoms with Gasteiger partial charge in [0.25, 0.3) is 0 Å². The third kappa shape index (κ3) is 2.59. The number of methoxy groups -OCH3 is 1. The van der Waals surface area contributed by atoms with Crippen LogP contribution in [-0.2, 0) is 4.74 Å². The summed E-state index contributed by atoms with van der Waals surface area (Å²) in [5.74, 6) is -0.342. The molecule has 1 heterocycles. The van der Waals surface area contributed by atoms with Crippen molar-refractivity contribution in [1.82, 2.24) is 9.55 Å². The molecule has 1 aromatic carbocycles. The molecule has 2 N–H and O–H groups in total. The molecule has 2 rings (SSSR count). The summed E-state index contributed by atoms with van der Waals surface area (Å²) in [6.45, 7) is 1.90. The van der Waals surface area contributed by atoms with E-state index in [-0.39, 0.29) is 17.6 Å². The molecule has 0 bridgehead atoms. The van der Waals surface area contributed by atoms with Crippen molar-refractivity contribution in [3.05, 3.63) is 45.8 Å². The number of hydrogen-bond donors (Lipinski definition) is 1. The van der Waals surface area contributed by atoms with Gasteiger partial charge in [-0.15, -0.1) is 0 Å². The summed E-state index contributed by atoms with van der Waals surface area (Å²) in [6.07, 6.45) is 1.48. The molecule has 106 valence electrons. The molecule has 0 spiro atoms. The minimum absolute atomic E-state index is 0.0874. The number of hydrogen-bond acceptors (Lipinski definition) is 4. The lowest BCUT2D eigenvalue weighted by Gasteiger charge is -2.17. The number of ether oxygens (including phenoxy) is 1. The third-order valence-electron chi connectivity index (χ3n) is 3.04. The molecule has 0 aliphatic heterocycles. The van der Waals surface area contributed by atoms with Gasteiger partial charge in [-0.1, -0.05) is 29.3 Å². The van der Waals surface area contributed by atoms with E-state index in [1.807, 2.05) is 13.0 Å². The lowest BCUT2D eigenvalue weighted by Crippen LogP contribution is -2.12. The van der Waals surface area contributed by atoms with Gasteiger partial charge in [-0.25, -0.2) is 9.78 Å². The molecule has 1 unspecified atom stereocenters. The number of anilines is 1. The summed E-state index contributed by atoms with van der Waals surface area (Å²) < 4.78 is 6.27. The van der Waals surface area contributed by atoms with Gasteiger partial charge in [0, 0.05) is 10.0 Å². The second-order valence-electron chi connectivity index (χ2n) is 4.22. The summed E-state index contributed by atoms with van der Waals surface area (Å²) in [4.78, 5) is 15.5. The Morgan fingerprint density at radius 3 is 2.75 bits per heavy atom. The molecule has 0 amide bonds. The van der Waals surface area contributed by atoms with Gasteiger partial charge in [-0.3, -0.25) is 0 Å². The first-order valence-electron chi connectivity index (χ1n) is 5.81. The van der Waals surface area contributed by atoms with Gasteiger partial charge in [0.1, 0.15) is 5.82 Å². The van der Waals surface area contributed by atoms with Gasteiger partial charge in [0.05, 0.1) is 19.5 Å². The number of nitrogens with two attached hydrogens (primary N) is 1. The van der Waals surface area contributed by atoms with E-state index in [2.05, 4.69) is 9.72 Å². The van der Waals surface area contributed by atoms with Crippen LogP contribution in [0.25, 0.3) is 0 Å². The maximum absolute atomic E-state index is 11.5. The fraction of sp³-hybridized carbons (Fsp3) is 0.231. The fourth-order valence-corrected chi connectivity index (χ4v) is 2.49. The zero-order valence-electron chi connectivity index (χ0n) is 10.9. The Bertz CT molecular complexity index is 655. The van der Waals surface area contributed by atoms with E-state index in [4.69, 9.17) is 28.9 Å². The number of nitrogen functional groups attached to an aromatic ring is 1. The van der Waals surface area contributed by atoms with E-state index in [0.29, 0.717) is 10.0 Å². The van der Waals surface area contributed by atoms with Crippen molar-refractivity contribution >= 4 is 35.0 Å². The van der Waals surface area contributed by atoms with Crippen LogP contribution in [0.3, 0.4) is 0 Å². The summed E-state index contributed by atoms with van der Waals surface area (Å²) in [5, 5.41) is 1.08. The summed E-state index contributed by atoms with van der Waals surface area (Å²) in [5.41, 5.74) is 6.85. The van der Waals surface area contributed by atoms with Crippen LogP contribution in [0.4, 0.5) is 5.82 Å². The third-order valence-corrected chi connectivity index (χ3v) is 3.60. The molecule has 0 saturated carbocycles. The topological polar surface area (TPSA) is 70.1 Å². The van der Waals surface area contributed by atoms with E-state index in [1.54, 1.807) is 16.7 Å². The van der Waals surface area contributed by atoms with Crippen molar-refractivity contribution in [3.63, 3.8) is 0 Å². The van der Waals surface area contributed by atoms with Crippen LogP contribution in [-0.4, -0.2) is 22.6 Å². The average molecular weight is 314 g/mol. The zero-order valence-corrected chi connectivity index (χ0v) is 12.4. The van der Waals surface area contributed by atoms with Crippen molar-refractivity contribution in [2.45, 2.75) is 13.0 Å². The molecular formula is C13H13Cl2N3O2. The second kappa shape index (κ2) is 5.73. The lowest BCUT2D eigenvalue weighted by atomic mass is 10.1. The van der Waals surface area contributed by atoms with Crippen molar-refractivity contribution in [2.75, 3.05) is 12.8 Å². The molecule has 0 fully saturated rings. The Hall–Kier alpha value is -1.72. The number of imidazole rings is 1. The quantitative estimate of drug-likeness (QED) is 0.883. The number of halogens is 2. The normalized spacial score (nSPS) is 12.2. The first-order valence-corrected chi connectivity index (χ1v) is 6.56. The van der Waals surface area contributed by atoms with Crippen molar-refractivity contribution in [2.24, 2.45) is 0 Å². The standard InChI is InChI=1S/C13H13Cl2N3O2/c1-7(9-4-3-8(14)5-10(9)15)18-6-17-11(12(18)16)13(19)20-2/h3-7H,16H2,1-2H3. The molecule has 1 aromatic heterocycles. The van der Waals surface area contributed by atoms with Gasteiger partial charge in [-0.05, 0) is 24.6 Å². The maximum atomic E-state index is 11.5. The van der Waals surface area contributed by atoms with E-state index < -0.39 is 5.97 Å². The number of benzene rings is 1. The van der Waals surface area contributed by atoms with E-state index >= 15 is 0 Å². The highest BCUT2D eigenvalue weighted by atomic mass is 35.5. The number of nitrogens with zero attached hydrogens (tertiary/aromatic N) is 2. The van der Waals surface area contributed by atoms with Gasteiger partial charge >= 0.3 is 5.97 Å². The number of rotatable bonds is 3.